The summed E-state index contributed by atoms with van der Waals surface area (Å²) < 4.78 is 33.5. The molecule has 2 aromatic carbocycles. The van der Waals surface area contributed by atoms with Crippen molar-refractivity contribution in [2.24, 2.45) is 0 Å². The maximum absolute atomic E-state index is 12.8. The number of morpholine rings is 1. The number of rotatable bonds is 5. The summed E-state index contributed by atoms with van der Waals surface area (Å²) in [5.74, 6) is 0. The van der Waals surface area contributed by atoms with E-state index in [2.05, 4.69) is 9.62 Å². The van der Waals surface area contributed by atoms with Gasteiger partial charge in [-0.1, -0.05) is 6.07 Å². The van der Waals surface area contributed by atoms with E-state index in [9.17, 15) is 18.5 Å². The third-order valence-electron chi connectivity index (χ3n) is 4.54. The number of nitro benzene ring substituents is 1. The Morgan fingerprint density at radius 2 is 1.78 bits per heavy atom. The highest BCUT2D eigenvalue weighted by atomic mass is 32.2. The van der Waals surface area contributed by atoms with E-state index in [4.69, 9.17) is 4.74 Å². The quantitative estimate of drug-likeness (QED) is 0.621. The van der Waals surface area contributed by atoms with Crippen molar-refractivity contribution in [3.63, 3.8) is 0 Å². The lowest BCUT2D eigenvalue weighted by Crippen LogP contribution is -2.36. The molecule has 0 radical (unpaired) electrons. The fourth-order valence-corrected chi connectivity index (χ4v) is 4.22. The lowest BCUT2D eigenvalue weighted by atomic mass is 10.1. The number of nitrogens with one attached hydrogen (secondary N) is 1. The number of sulfonamides is 1. The Hall–Kier alpha value is -2.65. The van der Waals surface area contributed by atoms with Crippen LogP contribution in [0.2, 0.25) is 0 Å². The van der Waals surface area contributed by atoms with Crippen molar-refractivity contribution in [2.45, 2.75) is 18.7 Å². The molecule has 1 aliphatic rings. The number of ether oxygens (including phenoxy) is 1. The fraction of sp³-hybridized carbons (Fsp3) is 0.333. The fourth-order valence-electron chi connectivity index (χ4n) is 2.93. The van der Waals surface area contributed by atoms with Crippen LogP contribution in [0.5, 0.6) is 0 Å². The Kier molecular flexibility index (Phi) is 5.33. The van der Waals surface area contributed by atoms with Crippen LogP contribution in [-0.2, 0) is 14.8 Å². The van der Waals surface area contributed by atoms with Crippen molar-refractivity contribution < 1.29 is 18.1 Å². The van der Waals surface area contributed by atoms with Crippen LogP contribution in [0.25, 0.3) is 0 Å². The number of benzene rings is 2. The van der Waals surface area contributed by atoms with Gasteiger partial charge in [0.2, 0.25) is 0 Å². The van der Waals surface area contributed by atoms with Crippen LogP contribution in [0.3, 0.4) is 0 Å². The first-order valence-corrected chi connectivity index (χ1v) is 9.97. The Labute approximate surface area is 158 Å². The number of nitro groups is 1. The average Bonchev–Trinajstić information content (AvgIpc) is 2.64. The maximum atomic E-state index is 12.8. The van der Waals surface area contributed by atoms with Gasteiger partial charge in [-0.2, -0.15) is 0 Å². The molecule has 1 fully saturated rings. The molecule has 9 heteroatoms. The van der Waals surface area contributed by atoms with Gasteiger partial charge in [0, 0.05) is 24.8 Å². The van der Waals surface area contributed by atoms with Crippen molar-refractivity contribution >= 4 is 27.1 Å². The Balaban J connectivity index is 1.93. The lowest BCUT2D eigenvalue weighted by molar-refractivity contribution is -0.387. The van der Waals surface area contributed by atoms with Crippen LogP contribution < -0.4 is 9.62 Å². The minimum absolute atomic E-state index is 0.340. The summed E-state index contributed by atoms with van der Waals surface area (Å²) in [6, 6.07) is 9.60. The molecule has 1 aliphatic heterocycles. The van der Waals surface area contributed by atoms with Crippen molar-refractivity contribution in [3.8, 4) is 0 Å². The second-order valence-electron chi connectivity index (χ2n) is 6.42. The van der Waals surface area contributed by atoms with Crippen molar-refractivity contribution in [3.05, 3.63) is 57.6 Å². The number of hydrogen-bond acceptors (Lipinski definition) is 6. The molecule has 1 heterocycles. The largest absolute Gasteiger partial charge is 0.378 e. The number of nitrogens with zero attached hydrogens (tertiary/aromatic N) is 2. The van der Waals surface area contributed by atoms with Gasteiger partial charge in [0.05, 0.1) is 23.8 Å². The summed E-state index contributed by atoms with van der Waals surface area (Å²) >= 11 is 0. The number of anilines is 2. The monoisotopic (exact) mass is 391 g/mol. The van der Waals surface area contributed by atoms with Gasteiger partial charge in [0.15, 0.2) is 4.90 Å². The van der Waals surface area contributed by atoms with E-state index in [-0.39, 0.29) is 4.90 Å². The minimum atomic E-state index is -4.11. The maximum Gasteiger partial charge on any atom is 0.290 e. The highest BCUT2D eigenvalue weighted by molar-refractivity contribution is 7.92. The summed E-state index contributed by atoms with van der Waals surface area (Å²) in [4.78, 5) is 12.4. The van der Waals surface area contributed by atoms with E-state index >= 15 is 0 Å². The van der Waals surface area contributed by atoms with E-state index in [0.29, 0.717) is 30.0 Å². The smallest absolute Gasteiger partial charge is 0.290 e. The molecule has 0 bridgehead atoms. The molecule has 2 aromatic rings. The SMILES string of the molecule is Cc1cc([N+](=O)[O-])c(S(=O)(=O)Nc2cccc(N3CCOCC3)c2)cc1C. The van der Waals surface area contributed by atoms with Crippen molar-refractivity contribution in [2.75, 3.05) is 35.9 Å². The molecule has 3 rings (SSSR count). The van der Waals surface area contributed by atoms with Crippen molar-refractivity contribution in [1.29, 1.82) is 0 Å². The Morgan fingerprint density at radius 1 is 1.11 bits per heavy atom. The van der Waals surface area contributed by atoms with Crippen LogP contribution in [0.4, 0.5) is 17.1 Å². The molecule has 8 nitrogen and oxygen atoms in total. The molecule has 0 aliphatic carbocycles. The van der Waals surface area contributed by atoms with E-state index in [1.54, 1.807) is 32.0 Å². The zero-order valence-electron chi connectivity index (χ0n) is 15.1. The van der Waals surface area contributed by atoms with E-state index in [1.165, 1.54) is 12.1 Å². The second kappa shape index (κ2) is 7.53. The molecular weight excluding hydrogens is 370 g/mol. The molecule has 144 valence electrons. The van der Waals surface area contributed by atoms with Gasteiger partial charge in [0.25, 0.3) is 15.7 Å². The van der Waals surface area contributed by atoms with Gasteiger partial charge in [-0.15, -0.1) is 0 Å². The Morgan fingerprint density at radius 3 is 2.44 bits per heavy atom. The van der Waals surface area contributed by atoms with E-state index < -0.39 is 20.6 Å². The molecule has 27 heavy (non-hydrogen) atoms. The summed E-state index contributed by atoms with van der Waals surface area (Å²) in [6.45, 7) is 6.10. The molecule has 0 atom stereocenters. The van der Waals surface area contributed by atoms with Crippen molar-refractivity contribution in [1.82, 2.24) is 0 Å². The second-order valence-corrected chi connectivity index (χ2v) is 8.07. The molecular formula is C18H21N3O5S. The first kappa shape index (κ1) is 19.1. The van der Waals surface area contributed by atoms with Gasteiger partial charge in [-0.3, -0.25) is 14.8 Å². The predicted molar refractivity (Wildman–Crippen MR) is 103 cm³/mol. The minimum Gasteiger partial charge on any atom is -0.378 e. The molecule has 1 N–H and O–H groups in total. The zero-order chi connectivity index (χ0) is 19.6. The normalized spacial score (nSPS) is 14.8. The predicted octanol–water partition coefficient (Wildman–Crippen LogP) is 2.85. The molecule has 1 saturated heterocycles. The number of hydrogen-bond donors (Lipinski definition) is 1. The van der Waals surface area contributed by atoms with Crippen LogP contribution in [0, 0.1) is 24.0 Å². The van der Waals surface area contributed by atoms with Gasteiger partial charge in [-0.05, 0) is 49.2 Å². The van der Waals surface area contributed by atoms with Gasteiger partial charge in [-0.25, -0.2) is 8.42 Å². The Bertz CT molecular complexity index is 969. The zero-order valence-corrected chi connectivity index (χ0v) is 16.0. The molecule has 0 spiro atoms. The standard InChI is InChI=1S/C18H21N3O5S/c1-13-10-17(21(22)23)18(11-14(13)2)27(24,25)19-15-4-3-5-16(12-15)20-6-8-26-9-7-20/h3-5,10-12,19H,6-9H2,1-2H3. The molecule has 0 unspecified atom stereocenters. The van der Waals surface area contributed by atoms with Crippen LogP contribution in [-0.4, -0.2) is 39.6 Å². The van der Waals surface area contributed by atoms with Gasteiger partial charge in [0.1, 0.15) is 0 Å². The van der Waals surface area contributed by atoms with Crippen LogP contribution in [0.1, 0.15) is 11.1 Å². The molecule has 0 saturated carbocycles. The summed E-state index contributed by atoms with van der Waals surface area (Å²) in [7, 11) is -4.11. The number of aryl methyl sites for hydroxylation is 2. The van der Waals surface area contributed by atoms with E-state index in [1.807, 2.05) is 6.07 Å². The first-order valence-electron chi connectivity index (χ1n) is 8.49. The topological polar surface area (TPSA) is 102 Å². The third-order valence-corrected chi connectivity index (χ3v) is 5.95. The average molecular weight is 391 g/mol. The lowest BCUT2D eigenvalue weighted by Gasteiger charge is -2.29. The van der Waals surface area contributed by atoms with E-state index in [0.717, 1.165) is 18.8 Å². The van der Waals surface area contributed by atoms with Gasteiger partial charge < -0.3 is 9.64 Å². The van der Waals surface area contributed by atoms with Crippen LogP contribution >= 0.6 is 0 Å². The van der Waals surface area contributed by atoms with Gasteiger partial charge >= 0.3 is 0 Å². The van der Waals surface area contributed by atoms with Crippen LogP contribution in [0.15, 0.2) is 41.3 Å². The highest BCUT2D eigenvalue weighted by Gasteiger charge is 2.27. The molecule has 0 aromatic heterocycles. The highest BCUT2D eigenvalue weighted by Crippen LogP contribution is 2.30. The third kappa shape index (κ3) is 4.20. The summed E-state index contributed by atoms with van der Waals surface area (Å²) in [5.41, 5.74) is 2.12. The summed E-state index contributed by atoms with van der Waals surface area (Å²) in [6.07, 6.45) is 0. The molecule has 0 amide bonds. The first-order chi connectivity index (χ1) is 12.8. The summed E-state index contributed by atoms with van der Waals surface area (Å²) in [5, 5.41) is 11.3.